The van der Waals surface area contributed by atoms with Crippen LogP contribution >= 0.6 is 15.9 Å². The first-order valence-corrected chi connectivity index (χ1v) is 7.04. The maximum Gasteiger partial charge on any atom is 0.0423 e. The SMILES string of the molecule is Brc1ccc(CC2NCCc3ccccc32)nc1. The molecular weight excluding hydrogens is 288 g/mol. The van der Waals surface area contributed by atoms with Crippen molar-refractivity contribution in [1.82, 2.24) is 10.3 Å². The third kappa shape index (κ3) is 2.47. The Labute approximate surface area is 116 Å². The van der Waals surface area contributed by atoms with Crippen LogP contribution in [0.15, 0.2) is 47.1 Å². The van der Waals surface area contributed by atoms with Crippen LogP contribution < -0.4 is 5.32 Å². The lowest BCUT2D eigenvalue weighted by molar-refractivity contribution is 0.498. The van der Waals surface area contributed by atoms with E-state index in [1.54, 1.807) is 0 Å². The van der Waals surface area contributed by atoms with Crippen molar-refractivity contribution < 1.29 is 0 Å². The van der Waals surface area contributed by atoms with E-state index in [9.17, 15) is 0 Å². The number of hydrogen-bond donors (Lipinski definition) is 1. The highest BCUT2D eigenvalue weighted by molar-refractivity contribution is 9.10. The average molecular weight is 303 g/mol. The van der Waals surface area contributed by atoms with Gasteiger partial charge in [0.2, 0.25) is 0 Å². The molecule has 0 aliphatic carbocycles. The number of hydrogen-bond acceptors (Lipinski definition) is 2. The number of benzene rings is 1. The van der Waals surface area contributed by atoms with Gasteiger partial charge in [-0.15, -0.1) is 0 Å². The molecule has 0 radical (unpaired) electrons. The zero-order valence-corrected chi connectivity index (χ0v) is 11.7. The predicted molar refractivity (Wildman–Crippen MR) is 76.5 cm³/mol. The van der Waals surface area contributed by atoms with Crippen molar-refractivity contribution in [2.24, 2.45) is 0 Å². The van der Waals surface area contributed by atoms with E-state index in [2.05, 4.69) is 62.6 Å². The molecule has 0 bridgehead atoms. The van der Waals surface area contributed by atoms with Crippen LogP contribution in [0.4, 0.5) is 0 Å². The Morgan fingerprint density at radius 2 is 2.11 bits per heavy atom. The molecule has 0 saturated heterocycles. The van der Waals surface area contributed by atoms with Crippen LogP contribution in [-0.2, 0) is 12.8 Å². The lowest BCUT2D eigenvalue weighted by atomic mass is 9.92. The Balaban J connectivity index is 1.84. The van der Waals surface area contributed by atoms with E-state index >= 15 is 0 Å². The van der Waals surface area contributed by atoms with Gasteiger partial charge in [0.1, 0.15) is 0 Å². The molecule has 1 unspecified atom stereocenters. The van der Waals surface area contributed by atoms with Crippen LogP contribution in [-0.4, -0.2) is 11.5 Å². The van der Waals surface area contributed by atoms with Gasteiger partial charge in [-0.3, -0.25) is 4.98 Å². The van der Waals surface area contributed by atoms with Crippen molar-refractivity contribution in [2.75, 3.05) is 6.54 Å². The zero-order valence-electron chi connectivity index (χ0n) is 10.1. The number of rotatable bonds is 2. The molecular formula is C15H15BrN2. The number of fused-ring (bicyclic) bond motifs is 1. The van der Waals surface area contributed by atoms with Crippen LogP contribution in [0, 0.1) is 0 Å². The number of aromatic nitrogens is 1. The molecule has 2 heterocycles. The Kier molecular flexibility index (Phi) is 3.43. The summed E-state index contributed by atoms with van der Waals surface area (Å²) < 4.78 is 1.03. The van der Waals surface area contributed by atoms with Gasteiger partial charge in [-0.2, -0.15) is 0 Å². The van der Waals surface area contributed by atoms with Crippen molar-refractivity contribution in [1.29, 1.82) is 0 Å². The minimum atomic E-state index is 0.392. The van der Waals surface area contributed by atoms with E-state index in [1.165, 1.54) is 11.1 Å². The van der Waals surface area contributed by atoms with Gasteiger partial charge in [-0.25, -0.2) is 0 Å². The highest BCUT2D eigenvalue weighted by Crippen LogP contribution is 2.25. The largest absolute Gasteiger partial charge is 0.309 e. The normalized spacial score (nSPS) is 18.4. The molecule has 3 rings (SSSR count). The van der Waals surface area contributed by atoms with Crippen LogP contribution in [0.3, 0.4) is 0 Å². The first-order valence-electron chi connectivity index (χ1n) is 6.24. The summed E-state index contributed by atoms with van der Waals surface area (Å²) in [5.74, 6) is 0. The van der Waals surface area contributed by atoms with Crippen LogP contribution in [0.1, 0.15) is 22.9 Å². The van der Waals surface area contributed by atoms with Crippen LogP contribution in [0.5, 0.6) is 0 Å². The van der Waals surface area contributed by atoms with Crippen molar-refractivity contribution in [3.05, 3.63) is 63.9 Å². The summed E-state index contributed by atoms with van der Waals surface area (Å²) in [6.45, 7) is 1.05. The molecule has 0 saturated carbocycles. The van der Waals surface area contributed by atoms with Gasteiger partial charge < -0.3 is 5.32 Å². The minimum absolute atomic E-state index is 0.392. The highest BCUT2D eigenvalue weighted by atomic mass is 79.9. The molecule has 2 nitrogen and oxygen atoms in total. The van der Waals surface area contributed by atoms with Crippen molar-refractivity contribution in [2.45, 2.75) is 18.9 Å². The molecule has 92 valence electrons. The van der Waals surface area contributed by atoms with Gasteiger partial charge in [-0.1, -0.05) is 24.3 Å². The first kappa shape index (κ1) is 11.9. The molecule has 3 heteroatoms. The van der Waals surface area contributed by atoms with Gasteiger partial charge in [0.15, 0.2) is 0 Å². The number of nitrogens with one attached hydrogen (secondary N) is 1. The number of nitrogens with zero attached hydrogens (tertiary/aromatic N) is 1. The molecule has 0 spiro atoms. The Hall–Kier alpha value is -1.19. The molecule has 1 aromatic carbocycles. The third-order valence-electron chi connectivity index (χ3n) is 3.42. The Bertz CT molecular complexity index is 536. The summed E-state index contributed by atoms with van der Waals surface area (Å²) in [6.07, 6.45) is 3.94. The fourth-order valence-corrected chi connectivity index (χ4v) is 2.75. The van der Waals surface area contributed by atoms with Gasteiger partial charge in [0, 0.05) is 28.8 Å². The summed E-state index contributed by atoms with van der Waals surface area (Å²) in [4.78, 5) is 4.46. The third-order valence-corrected chi connectivity index (χ3v) is 3.89. The van der Waals surface area contributed by atoms with E-state index < -0.39 is 0 Å². The molecule has 1 aromatic heterocycles. The molecule has 18 heavy (non-hydrogen) atoms. The lowest BCUT2D eigenvalue weighted by Crippen LogP contribution is -2.31. The summed E-state index contributed by atoms with van der Waals surface area (Å²) >= 11 is 3.42. The van der Waals surface area contributed by atoms with E-state index in [0.29, 0.717) is 6.04 Å². The smallest absolute Gasteiger partial charge is 0.0423 e. The maximum atomic E-state index is 4.46. The van der Waals surface area contributed by atoms with E-state index in [-0.39, 0.29) is 0 Å². The summed E-state index contributed by atoms with van der Waals surface area (Å²) in [6, 6.07) is 13.2. The summed E-state index contributed by atoms with van der Waals surface area (Å²) in [5.41, 5.74) is 4.03. The Morgan fingerprint density at radius 3 is 2.94 bits per heavy atom. The predicted octanol–water partition coefficient (Wildman–Crippen LogP) is 3.27. The molecule has 0 amide bonds. The average Bonchev–Trinajstić information content (AvgIpc) is 2.42. The summed E-state index contributed by atoms with van der Waals surface area (Å²) in [5, 5.41) is 3.59. The molecule has 1 aliphatic rings. The van der Waals surface area contributed by atoms with Gasteiger partial charge in [0.05, 0.1) is 0 Å². The van der Waals surface area contributed by atoms with E-state index in [0.717, 1.165) is 29.6 Å². The van der Waals surface area contributed by atoms with Crippen LogP contribution in [0.25, 0.3) is 0 Å². The monoisotopic (exact) mass is 302 g/mol. The lowest BCUT2D eigenvalue weighted by Gasteiger charge is -2.26. The van der Waals surface area contributed by atoms with Crippen molar-refractivity contribution in [3.63, 3.8) is 0 Å². The topological polar surface area (TPSA) is 24.9 Å². The van der Waals surface area contributed by atoms with E-state index in [4.69, 9.17) is 0 Å². The minimum Gasteiger partial charge on any atom is -0.309 e. The molecule has 0 fully saturated rings. The molecule has 1 aliphatic heterocycles. The maximum absolute atomic E-state index is 4.46. The van der Waals surface area contributed by atoms with Crippen molar-refractivity contribution >= 4 is 15.9 Å². The first-order chi connectivity index (χ1) is 8.83. The fourth-order valence-electron chi connectivity index (χ4n) is 2.51. The van der Waals surface area contributed by atoms with Gasteiger partial charge in [-0.05, 0) is 52.2 Å². The highest BCUT2D eigenvalue weighted by Gasteiger charge is 2.19. The van der Waals surface area contributed by atoms with E-state index in [1.807, 2.05) is 6.20 Å². The quantitative estimate of drug-likeness (QED) is 0.921. The number of halogens is 1. The number of pyridine rings is 1. The fraction of sp³-hybridized carbons (Fsp3) is 0.267. The van der Waals surface area contributed by atoms with Crippen LogP contribution in [0.2, 0.25) is 0 Å². The molecule has 1 N–H and O–H groups in total. The Morgan fingerprint density at radius 1 is 1.22 bits per heavy atom. The van der Waals surface area contributed by atoms with Gasteiger partial charge in [0.25, 0.3) is 0 Å². The molecule has 1 atom stereocenters. The summed E-state index contributed by atoms with van der Waals surface area (Å²) in [7, 11) is 0. The second-order valence-electron chi connectivity index (χ2n) is 4.63. The molecule has 2 aromatic rings. The zero-order chi connectivity index (χ0) is 12.4. The second-order valence-corrected chi connectivity index (χ2v) is 5.54. The standard InChI is InChI=1S/C15H15BrN2/c16-12-5-6-13(18-10-12)9-15-14-4-2-1-3-11(14)7-8-17-15/h1-6,10,15,17H,7-9H2. The van der Waals surface area contributed by atoms with Crippen molar-refractivity contribution in [3.8, 4) is 0 Å². The van der Waals surface area contributed by atoms with Gasteiger partial charge >= 0.3 is 0 Å². The second kappa shape index (κ2) is 5.21.